The Balaban J connectivity index is 2.36. The number of anilines is 2. The molecule has 1 N–H and O–H groups in total. The van der Waals surface area contributed by atoms with Crippen molar-refractivity contribution >= 4 is 11.6 Å². The number of nitrogens with one attached hydrogen (secondary N) is 1. The molecule has 1 saturated heterocycles. The van der Waals surface area contributed by atoms with Crippen LogP contribution in [0, 0.1) is 0 Å². The minimum Gasteiger partial charge on any atom is -0.373 e. The monoisotopic (exact) mass is 248 g/mol. The molecule has 1 aliphatic rings. The summed E-state index contributed by atoms with van der Waals surface area (Å²) in [6.45, 7) is 5.61. The van der Waals surface area contributed by atoms with E-state index in [0.29, 0.717) is 6.04 Å². The summed E-state index contributed by atoms with van der Waals surface area (Å²) in [5.41, 5.74) is 1.28. The molecule has 1 fully saturated rings. The molecule has 4 nitrogen and oxygen atoms in total. The third kappa shape index (κ3) is 2.42. The van der Waals surface area contributed by atoms with Crippen molar-refractivity contribution in [1.29, 1.82) is 0 Å². The molecule has 1 aliphatic heterocycles. The molecule has 0 amide bonds. The van der Waals surface area contributed by atoms with Gasteiger partial charge < -0.3 is 10.2 Å². The van der Waals surface area contributed by atoms with E-state index >= 15 is 0 Å². The van der Waals surface area contributed by atoms with Crippen LogP contribution in [0.15, 0.2) is 6.33 Å². The summed E-state index contributed by atoms with van der Waals surface area (Å²) >= 11 is 0. The van der Waals surface area contributed by atoms with Crippen LogP contribution in [0.2, 0.25) is 0 Å². The Kier molecular flexibility index (Phi) is 4.39. The van der Waals surface area contributed by atoms with Gasteiger partial charge >= 0.3 is 0 Å². The Morgan fingerprint density at radius 1 is 1.39 bits per heavy atom. The Morgan fingerprint density at radius 3 is 2.89 bits per heavy atom. The third-order valence-electron chi connectivity index (χ3n) is 3.78. The normalized spacial score (nSPS) is 19.3. The molecule has 1 aromatic rings. The molecule has 0 radical (unpaired) electrons. The molecule has 2 heterocycles. The van der Waals surface area contributed by atoms with Crippen LogP contribution >= 0.6 is 0 Å². The van der Waals surface area contributed by atoms with Gasteiger partial charge in [-0.05, 0) is 25.7 Å². The van der Waals surface area contributed by atoms with Crippen LogP contribution < -0.4 is 10.2 Å². The number of rotatable bonds is 5. The molecular formula is C14H24N4. The summed E-state index contributed by atoms with van der Waals surface area (Å²) in [7, 11) is 1.94. The quantitative estimate of drug-likeness (QED) is 0.870. The first-order valence-corrected chi connectivity index (χ1v) is 7.10. The van der Waals surface area contributed by atoms with E-state index in [9.17, 15) is 0 Å². The van der Waals surface area contributed by atoms with Gasteiger partial charge in [-0.1, -0.05) is 20.3 Å². The first-order valence-electron chi connectivity index (χ1n) is 7.10. The van der Waals surface area contributed by atoms with Crippen molar-refractivity contribution in [3.63, 3.8) is 0 Å². The molecule has 0 saturated carbocycles. The summed E-state index contributed by atoms with van der Waals surface area (Å²) in [5.74, 6) is 2.14. The number of aromatic nitrogens is 2. The Bertz CT molecular complexity index is 391. The average Bonchev–Trinajstić information content (AvgIpc) is 2.87. The van der Waals surface area contributed by atoms with Crippen LogP contribution in [0.1, 0.15) is 45.1 Å². The minimum absolute atomic E-state index is 0.653. The van der Waals surface area contributed by atoms with Gasteiger partial charge in [0.1, 0.15) is 18.0 Å². The van der Waals surface area contributed by atoms with Gasteiger partial charge in [0.15, 0.2) is 0 Å². The summed E-state index contributed by atoms with van der Waals surface area (Å²) in [4.78, 5) is 11.4. The van der Waals surface area contributed by atoms with E-state index in [0.717, 1.165) is 31.0 Å². The molecule has 0 spiro atoms. The highest BCUT2D eigenvalue weighted by molar-refractivity contribution is 5.59. The zero-order valence-corrected chi connectivity index (χ0v) is 11.7. The Labute approximate surface area is 110 Å². The average molecular weight is 248 g/mol. The fourth-order valence-electron chi connectivity index (χ4n) is 2.89. The van der Waals surface area contributed by atoms with Crippen LogP contribution in [0.25, 0.3) is 0 Å². The summed E-state index contributed by atoms with van der Waals surface area (Å²) < 4.78 is 0. The maximum absolute atomic E-state index is 4.56. The van der Waals surface area contributed by atoms with Gasteiger partial charge in [-0.2, -0.15) is 0 Å². The maximum Gasteiger partial charge on any atom is 0.137 e. The highest BCUT2D eigenvalue weighted by Crippen LogP contribution is 2.31. The predicted octanol–water partition coefficient (Wildman–Crippen LogP) is 2.85. The molecular weight excluding hydrogens is 224 g/mol. The smallest absolute Gasteiger partial charge is 0.137 e. The molecule has 1 atom stereocenters. The zero-order valence-electron chi connectivity index (χ0n) is 11.7. The minimum atomic E-state index is 0.653. The van der Waals surface area contributed by atoms with E-state index in [4.69, 9.17) is 0 Å². The van der Waals surface area contributed by atoms with Gasteiger partial charge in [-0.25, -0.2) is 9.97 Å². The molecule has 1 aromatic heterocycles. The highest BCUT2D eigenvalue weighted by Gasteiger charge is 2.26. The van der Waals surface area contributed by atoms with Gasteiger partial charge in [0.25, 0.3) is 0 Å². The fraction of sp³-hybridized carbons (Fsp3) is 0.714. The second kappa shape index (κ2) is 6.03. The third-order valence-corrected chi connectivity index (χ3v) is 3.78. The largest absolute Gasteiger partial charge is 0.373 e. The van der Waals surface area contributed by atoms with Crippen molar-refractivity contribution in [2.75, 3.05) is 23.8 Å². The van der Waals surface area contributed by atoms with Crippen molar-refractivity contribution in [3.8, 4) is 0 Å². The van der Waals surface area contributed by atoms with Crippen molar-refractivity contribution in [2.24, 2.45) is 0 Å². The van der Waals surface area contributed by atoms with E-state index in [2.05, 4.69) is 34.0 Å². The second-order valence-corrected chi connectivity index (χ2v) is 4.92. The fourth-order valence-corrected chi connectivity index (χ4v) is 2.89. The summed E-state index contributed by atoms with van der Waals surface area (Å²) in [6.07, 6.45) is 7.62. The Hall–Kier alpha value is -1.32. The van der Waals surface area contributed by atoms with Crippen LogP contribution in [0.5, 0.6) is 0 Å². The van der Waals surface area contributed by atoms with Gasteiger partial charge in [-0.3, -0.25) is 0 Å². The lowest BCUT2D eigenvalue weighted by atomic mass is 10.1. The molecule has 100 valence electrons. The molecule has 2 rings (SSSR count). The lowest BCUT2D eigenvalue weighted by Gasteiger charge is -2.27. The van der Waals surface area contributed by atoms with Crippen LogP contribution in [0.3, 0.4) is 0 Å². The lowest BCUT2D eigenvalue weighted by Crippen LogP contribution is -2.30. The van der Waals surface area contributed by atoms with Crippen molar-refractivity contribution in [1.82, 2.24) is 9.97 Å². The van der Waals surface area contributed by atoms with Crippen molar-refractivity contribution in [3.05, 3.63) is 11.9 Å². The molecule has 4 heteroatoms. The van der Waals surface area contributed by atoms with E-state index in [-0.39, 0.29) is 0 Å². The number of nitrogens with zero attached hydrogens (tertiary/aromatic N) is 3. The van der Waals surface area contributed by atoms with Gasteiger partial charge in [0.05, 0.1) is 0 Å². The summed E-state index contributed by atoms with van der Waals surface area (Å²) in [5, 5.41) is 3.20. The second-order valence-electron chi connectivity index (χ2n) is 4.92. The van der Waals surface area contributed by atoms with E-state index < -0.39 is 0 Å². The van der Waals surface area contributed by atoms with Gasteiger partial charge in [-0.15, -0.1) is 0 Å². The molecule has 18 heavy (non-hydrogen) atoms. The molecule has 1 unspecified atom stereocenters. The van der Waals surface area contributed by atoms with Gasteiger partial charge in [0.2, 0.25) is 0 Å². The van der Waals surface area contributed by atoms with Gasteiger partial charge in [0, 0.05) is 25.2 Å². The van der Waals surface area contributed by atoms with Crippen LogP contribution in [-0.4, -0.2) is 29.6 Å². The van der Waals surface area contributed by atoms with E-state index in [1.165, 1.54) is 24.8 Å². The first kappa shape index (κ1) is 13.1. The molecule has 0 aliphatic carbocycles. The zero-order chi connectivity index (χ0) is 13.0. The van der Waals surface area contributed by atoms with E-state index in [1.54, 1.807) is 6.33 Å². The van der Waals surface area contributed by atoms with Crippen LogP contribution in [0.4, 0.5) is 11.6 Å². The first-order chi connectivity index (χ1) is 8.81. The molecule has 0 aromatic carbocycles. The number of hydrogen-bond acceptors (Lipinski definition) is 4. The van der Waals surface area contributed by atoms with Crippen molar-refractivity contribution < 1.29 is 0 Å². The SMILES string of the molecule is CCCc1c(NC)ncnc1N1CCCC1CC. The topological polar surface area (TPSA) is 41.1 Å². The maximum atomic E-state index is 4.56. The molecule has 0 bridgehead atoms. The standard InChI is InChI=1S/C14H24N4/c1-4-7-12-13(15-3)16-10-17-14(12)18-9-6-8-11(18)5-2/h10-11H,4-9H2,1-3H3,(H,15,16,17). The lowest BCUT2D eigenvalue weighted by molar-refractivity contribution is 0.637. The van der Waals surface area contributed by atoms with Crippen molar-refractivity contribution in [2.45, 2.75) is 52.0 Å². The highest BCUT2D eigenvalue weighted by atomic mass is 15.2. The van der Waals surface area contributed by atoms with Crippen LogP contribution in [-0.2, 0) is 6.42 Å². The van der Waals surface area contributed by atoms with E-state index in [1.807, 2.05) is 7.05 Å². The predicted molar refractivity (Wildman–Crippen MR) is 76.2 cm³/mol. The number of hydrogen-bond donors (Lipinski definition) is 1. The Morgan fingerprint density at radius 2 is 2.22 bits per heavy atom. The summed E-state index contributed by atoms with van der Waals surface area (Å²) in [6, 6.07) is 0.653.